The van der Waals surface area contributed by atoms with Gasteiger partial charge in [0.2, 0.25) is 21.8 Å². The van der Waals surface area contributed by atoms with E-state index in [4.69, 9.17) is 16.3 Å². The van der Waals surface area contributed by atoms with Crippen LogP contribution in [0.2, 0.25) is 5.02 Å². The fourth-order valence-corrected chi connectivity index (χ4v) is 4.78. The first kappa shape index (κ1) is 29.5. The Morgan fingerprint density at radius 2 is 1.75 bits per heavy atom. The highest BCUT2D eigenvalue weighted by Gasteiger charge is 2.27. The molecule has 0 aliphatic heterocycles. The first-order chi connectivity index (χ1) is 17.1. The SMILES string of the molecule is CCCNC(=O)[C@H](C)N(Cc1ccc(Cl)cc1)C(=O)CCCN(c1ccccc1OCC)S(C)(=O)=O. The highest BCUT2D eigenvalue weighted by atomic mass is 35.5. The molecule has 2 rings (SSSR count). The summed E-state index contributed by atoms with van der Waals surface area (Å²) in [7, 11) is -3.62. The van der Waals surface area contributed by atoms with E-state index in [2.05, 4.69) is 5.32 Å². The smallest absolute Gasteiger partial charge is 0.242 e. The van der Waals surface area contributed by atoms with Gasteiger partial charge in [-0.25, -0.2) is 8.42 Å². The van der Waals surface area contributed by atoms with Crippen LogP contribution in [0.3, 0.4) is 0 Å². The molecule has 1 N–H and O–H groups in total. The lowest BCUT2D eigenvalue weighted by Crippen LogP contribution is -2.47. The van der Waals surface area contributed by atoms with Crippen molar-refractivity contribution in [2.45, 2.75) is 52.6 Å². The minimum Gasteiger partial charge on any atom is -0.492 e. The van der Waals surface area contributed by atoms with Crippen LogP contribution in [-0.4, -0.2) is 57.1 Å². The lowest BCUT2D eigenvalue weighted by atomic mass is 10.1. The molecule has 0 heterocycles. The van der Waals surface area contributed by atoms with Gasteiger partial charge >= 0.3 is 0 Å². The Morgan fingerprint density at radius 1 is 1.08 bits per heavy atom. The predicted octanol–water partition coefficient (Wildman–Crippen LogP) is 4.23. The van der Waals surface area contributed by atoms with Gasteiger partial charge in [0, 0.05) is 31.1 Å². The molecule has 0 aromatic heterocycles. The molecular weight excluding hydrogens is 502 g/mol. The van der Waals surface area contributed by atoms with Gasteiger partial charge < -0.3 is 15.0 Å². The number of hydrogen-bond donors (Lipinski definition) is 1. The number of benzene rings is 2. The number of carbonyl (C=O) groups is 2. The van der Waals surface area contributed by atoms with E-state index in [0.717, 1.165) is 18.2 Å². The number of hydrogen-bond acceptors (Lipinski definition) is 5. The summed E-state index contributed by atoms with van der Waals surface area (Å²) in [6.45, 7) is 6.73. The third kappa shape index (κ3) is 8.71. The first-order valence-electron chi connectivity index (χ1n) is 12.1. The Balaban J connectivity index is 2.18. The summed E-state index contributed by atoms with van der Waals surface area (Å²) in [6, 6.07) is 13.3. The van der Waals surface area contributed by atoms with Crippen LogP contribution in [0.1, 0.15) is 45.6 Å². The zero-order valence-electron chi connectivity index (χ0n) is 21.4. The first-order valence-corrected chi connectivity index (χ1v) is 14.3. The second-order valence-electron chi connectivity index (χ2n) is 8.45. The Morgan fingerprint density at radius 3 is 2.36 bits per heavy atom. The largest absolute Gasteiger partial charge is 0.492 e. The molecule has 36 heavy (non-hydrogen) atoms. The van der Waals surface area contributed by atoms with Gasteiger partial charge in [-0.2, -0.15) is 0 Å². The van der Waals surface area contributed by atoms with Gasteiger partial charge in [-0.05, 0) is 56.5 Å². The predicted molar refractivity (Wildman–Crippen MR) is 144 cm³/mol. The molecule has 2 amide bonds. The Kier molecular flexibility index (Phi) is 11.5. The number of sulfonamides is 1. The van der Waals surface area contributed by atoms with E-state index in [1.807, 2.05) is 26.0 Å². The maximum Gasteiger partial charge on any atom is 0.242 e. The lowest BCUT2D eigenvalue weighted by Gasteiger charge is -2.29. The fraction of sp³-hybridized carbons (Fsp3) is 0.462. The molecule has 1 atom stereocenters. The normalized spacial score (nSPS) is 12.0. The van der Waals surface area contributed by atoms with Crippen LogP contribution in [0.4, 0.5) is 5.69 Å². The topological polar surface area (TPSA) is 96.0 Å². The second-order valence-corrected chi connectivity index (χ2v) is 10.8. The van der Waals surface area contributed by atoms with Crippen molar-refractivity contribution in [3.63, 3.8) is 0 Å². The van der Waals surface area contributed by atoms with E-state index < -0.39 is 16.1 Å². The average Bonchev–Trinajstić information content (AvgIpc) is 2.84. The quantitative estimate of drug-likeness (QED) is 0.389. The summed E-state index contributed by atoms with van der Waals surface area (Å²) in [5, 5.41) is 3.42. The zero-order chi connectivity index (χ0) is 26.7. The highest BCUT2D eigenvalue weighted by molar-refractivity contribution is 7.92. The van der Waals surface area contributed by atoms with Crippen molar-refractivity contribution in [2.24, 2.45) is 0 Å². The Labute approximate surface area is 219 Å². The van der Waals surface area contributed by atoms with Gasteiger partial charge in [-0.1, -0.05) is 42.8 Å². The number of amides is 2. The van der Waals surface area contributed by atoms with E-state index in [1.165, 1.54) is 9.21 Å². The number of rotatable bonds is 14. The molecule has 0 unspecified atom stereocenters. The summed E-state index contributed by atoms with van der Waals surface area (Å²) in [4.78, 5) is 27.5. The molecule has 8 nitrogen and oxygen atoms in total. The number of ether oxygens (including phenoxy) is 1. The van der Waals surface area contributed by atoms with E-state index in [-0.39, 0.29) is 37.7 Å². The van der Waals surface area contributed by atoms with Crippen LogP contribution >= 0.6 is 11.6 Å². The van der Waals surface area contributed by atoms with E-state index in [0.29, 0.717) is 29.6 Å². The molecule has 0 spiro atoms. The summed E-state index contributed by atoms with van der Waals surface area (Å²) in [6.07, 6.45) is 2.26. The van der Waals surface area contributed by atoms with Crippen molar-refractivity contribution in [1.82, 2.24) is 10.2 Å². The van der Waals surface area contributed by atoms with Crippen LogP contribution < -0.4 is 14.4 Å². The summed E-state index contributed by atoms with van der Waals surface area (Å²) < 4.78 is 32.0. The summed E-state index contributed by atoms with van der Waals surface area (Å²) in [5.41, 5.74) is 1.27. The van der Waals surface area contributed by atoms with Gasteiger partial charge in [0.05, 0.1) is 18.6 Å². The van der Waals surface area contributed by atoms with Gasteiger partial charge in [0.15, 0.2) is 0 Å². The van der Waals surface area contributed by atoms with Crippen LogP contribution in [0, 0.1) is 0 Å². The molecule has 0 radical (unpaired) electrons. The molecule has 0 saturated carbocycles. The Bertz CT molecular complexity index is 1110. The van der Waals surface area contributed by atoms with Gasteiger partial charge in [0.25, 0.3) is 0 Å². The summed E-state index contributed by atoms with van der Waals surface area (Å²) >= 11 is 5.99. The van der Waals surface area contributed by atoms with Crippen LogP contribution in [0.5, 0.6) is 5.75 Å². The molecule has 2 aromatic rings. The maximum atomic E-state index is 13.3. The third-order valence-corrected chi connectivity index (χ3v) is 7.00. The molecule has 10 heteroatoms. The third-order valence-electron chi connectivity index (χ3n) is 5.57. The Hall–Kier alpha value is -2.78. The van der Waals surface area contributed by atoms with Crippen LogP contribution in [0.15, 0.2) is 48.5 Å². The van der Waals surface area contributed by atoms with Gasteiger partial charge in [0.1, 0.15) is 11.8 Å². The van der Waals surface area contributed by atoms with Crippen molar-refractivity contribution in [3.05, 3.63) is 59.1 Å². The number of nitrogens with zero attached hydrogens (tertiary/aromatic N) is 2. The lowest BCUT2D eigenvalue weighted by molar-refractivity contribution is -0.140. The molecule has 0 saturated heterocycles. The van der Waals surface area contributed by atoms with E-state index >= 15 is 0 Å². The minimum absolute atomic E-state index is 0.0712. The summed E-state index contributed by atoms with van der Waals surface area (Å²) in [5.74, 6) is -0.0134. The maximum absolute atomic E-state index is 13.3. The van der Waals surface area contributed by atoms with Crippen molar-refractivity contribution in [2.75, 3.05) is 30.3 Å². The molecule has 0 aliphatic rings. The van der Waals surface area contributed by atoms with Crippen molar-refractivity contribution in [3.8, 4) is 5.75 Å². The fourth-order valence-electron chi connectivity index (χ4n) is 3.69. The van der Waals surface area contributed by atoms with E-state index in [9.17, 15) is 18.0 Å². The van der Waals surface area contributed by atoms with Gasteiger partial charge in [-0.15, -0.1) is 0 Å². The number of nitrogens with one attached hydrogen (secondary N) is 1. The van der Waals surface area contributed by atoms with Crippen LogP contribution in [-0.2, 0) is 26.2 Å². The second kappa shape index (κ2) is 14.1. The van der Waals surface area contributed by atoms with Crippen LogP contribution in [0.25, 0.3) is 0 Å². The molecular formula is C26H36ClN3O5S. The standard InChI is InChI=1S/C26H36ClN3O5S/c1-5-17-28-26(32)20(3)29(19-21-13-15-22(27)16-14-21)25(31)12-9-18-30(36(4,33)34)23-10-7-8-11-24(23)35-6-2/h7-8,10-11,13-16,20H,5-6,9,12,17-19H2,1-4H3,(H,28,32)/t20-/m0/s1. The van der Waals surface area contributed by atoms with Crippen molar-refractivity contribution < 1.29 is 22.7 Å². The molecule has 0 aliphatic carbocycles. The minimum atomic E-state index is -3.62. The molecule has 2 aromatic carbocycles. The number of halogens is 1. The number of carbonyl (C=O) groups excluding carboxylic acids is 2. The van der Waals surface area contributed by atoms with E-state index in [1.54, 1.807) is 43.3 Å². The molecule has 0 bridgehead atoms. The average molecular weight is 538 g/mol. The number of anilines is 1. The van der Waals surface area contributed by atoms with Crippen molar-refractivity contribution >= 4 is 39.1 Å². The number of para-hydroxylation sites is 2. The zero-order valence-corrected chi connectivity index (χ0v) is 22.9. The molecule has 198 valence electrons. The monoisotopic (exact) mass is 537 g/mol. The highest BCUT2D eigenvalue weighted by Crippen LogP contribution is 2.30. The van der Waals surface area contributed by atoms with Gasteiger partial charge in [-0.3, -0.25) is 13.9 Å². The molecule has 0 fully saturated rings. The van der Waals surface area contributed by atoms with Crippen molar-refractivity contribution in [1.29, 1.82) is 0 Å².